The zero-order valence-corrected chi connectivity index (χ0v) is 10.1. The van der Waals surface area contributed by atoms with E-state index < -0.39 is 6.36 Å². The first kappa shape index (κ1) is 14.9. The summed E-state index contributed by atoms with van der Waals surface area (Å²) in [6, 6.07) is 5.12. The minimum atomic E-state index is -4.70. The second-order valence-electron chi connectivity index (χ2n) is 3.30. The number of rotatable bonds is 5. The SMILES string of the molecule is CCOC(C=Nc1ccc(OC(F)(F)F)cc1)=CN. The van der Waals surface area contributed by atoms with E-state index in [1.54, 1.807) is 6.92 Å². The van der Waals surface area contributed by atoms with Gasteiger partial charge in [-0.05, 0) is 31.2 Å². The smallest absolute Gasteiger partial charge is 0.491 e. The van der Waals surface area contributed by atoms with Gasteiger partial charge in [0, 0.05) is 6.20 Å². The summed E-state index contributed by atoms with van der Waals surface area (Å²) in [6.07, 6.45) is -2.08. The van der Waals surface area contributed by atoms with E-state index in [9.17, 15) is 13.2 Å². The maximum Gasteiger partial charge on any atom is 0.573 e. The lowest BCUT2D eigenvalue weighted by molar-refractivity contribution is -0.274. The molecule has 0 aliphatic carbocycles. The van der Waals surface area contributed by atoms with Crippen molar-refractivity contribution < 1.29 is 22.6 Å². The number of nitrogens with zero attached hydrogens (tertiary/aromatic N) is 1. The molecule has 0 bridgehead atoms. The highest BCUT2D eigenvalue weighted by atomic mass is 19.4. The van der Waals surface area contributed by atoms with Crippen LogP contribution in [0.4, 0.5) is 18.9 Å². The first-order chi connectivity index (χ1) is 8.94. The van der Waals surface area contributed by atoms with Crippen LogP contribution < -0.4 is 10.5 Å². The zero-order valence-electron chi connectivity index (χ0n) is 10.1. The lowest BCUT2D eigenvalue weighted by atomic mass is 10.3. The summed E-state index contributed by atoms with van der Waals surface area (Å²) in [5, 5.41) is 0. The number of alkyl halides is 3. The molecule has 1 aromatic carbocycles. The van der Waals surface area contributed by atoms with Crippen molar-refractivity contribution in [3.05, 3.63) is 36.2 Å². The van der Waals surface area contributed by atoms with Gasteiger partial charge in [0.1, 0.15) is 5.75 Å². The topological polar surface area (TPSA) is 56.8 Å². The van der Waals surface area contributed by atoms with Gasteiger partial charge in [-0.15, -0.1) is 13.2 Å². The lowest BCUT2D eigenvalue weighted by Crippen LogP contribution is -2.16. The summed E-state index contributed by atoms with van der Waals surface area (Å²) in [4.78, 5) is 4.00. The Morgan fingerprint density at radius 3 is 2.42 bits per heavy atom. The molecule has 0 spiro atoms. The Morgan fingerprint density at radius 1 is 1.32 bits per heavy atom. The maximum absolute atomic E-state index is 11.9. The largest absolute Gasteiger partial charge is 0.573 e. The molecule has 0 unspecified atom stereocenters. The third-order valence-corrected chi connectivity index (χ3v) is 1.89. The quantitative estimate of drug-likeness (QED) is 0.663. The van der Waals surface area contributed by atoms with E-state index in [1.165, 1.54) is 36.7 Å². The molecular formula is C12H13F3N2O2. The second kappa shape index (κ2) is 6.67. The van der Waals surface area contributed by atoms with E-state index >= 15 is 0 Å². The lowest BCUT2D eigenvalue weighted by Gasteiger charge is -2.08. The van der Waals surface area contributed by atoms with Crippen molar-refractivity contribution in [2.24, 2.45) is 10.7 Å². The highest BCUT2D eigenvalue weighted by molar-refractivity contribution is 5.78. The van der Waals surface area contributed by atoms with E-state index in [0.29, 0.717) is 18.1 Å². The van der Waals surface area contributed by atoms with E-state index in [1.807, 2.05) is 0 Å². The first-order valence-corrected chi connectivity index (χ1v) is 5.39. The Hall–Kier alpha value is -2.18. The summed E-state index contributed by atoms with van der Waals surface area (Å²) in [5.41, 5.74) is 5.75. The van der Waals surface area contributed by atoms with Crippen LogP contribution in [0.25, 0.3) is 0 Å². The molecule has 0 fully saturated rings. The standard InChI is InChI=1S/C12H13F3N2O2/c1-2-18-11(7-16)8-17-9-3-5-10(6-4-9)19-12(13,14)15/h3-8H,2,16H2,1H3. The highest BCUT2D eigenvalue weighted by Crippen LogP contribution is 2.24. The molecule has 4 nitrogen and oxygen atoms in total. The Balaban J connectivity index is 2.69. The molecule has 0 saturated carbocycles. The molecule has 2 N–H and O–H groups in total. The van der Waals surface area contributed by atoms with Crippen molar-refractivity contribution >= 4 is 11.9 Å². The van der Waals surface area contributed by atoms with Crippen molar-refractivity contribution in [1.29, 1.82) is 0 Å². The minimum Gasteiger partial charge on any atom is -0.491 e. The Labute approximate surface area is 108 Å². The third kappa shape index (κ3) is 5.80. The monoisotopic (exact) mass is 274 g/mol. The average molecular weight is 274 g/mol. The number of halogens is 3. The number of hydrogen-bond donors (Lipinski definition) is 1. The third-order valence-electron chi connectivity index (χ3n) is 1.89. The van der Waals surface area contributed by atoms with Gasteiger partial charge in [-0.3, -0.25) is 4.99 Å². The fraction of sp³-hybridized carbons (Fsp3) is 0.250. The van der Waals surface area contributed by atoms with Gasteiger partial charge in [-0.25, -0.2) is 0 Å². The molecule has 19 heavy (non-hydrogen) atoms. The molecule has 0 amide bonds. The Morgan fingerprint density at radius 2 is 1.95 bits per heavy atom. The Bertz CT molecular complexity index is 453. The molecule has 7 heteroatoms. The predicted octanol–water partition coefficient (Wildman–Crippen LogP) is 3.12. The van der Waals surface area contributed by atoms with E-state index in [4.69, 9.17) is 10.5 Å². The maximum atomic E-state index is 11.9. The van der Waals surface area contributed by atoms with E-state index in [2.05, 4.69) is 9.73 Å². The molecule has 104 valence electrons. The van der Waals surface area contributed by atoms with Crippen LogP contribution in [0.15, 0.2) is 41.2 Å². The number of nitrogens with two attached hydrogens (primary N) is 1. The van der Waals surface area contributed by atoms with Crippen molar-refractivity contribution in [3.8, 4) is 5.75 Å². The number of hydrogen-bond acceptors (Lipinski definition) is 4. The van der Waals surface area contributed by atoms with Gasteiger partial charge < -0.3 is 15.2 Å². The molecule has 0 atom stereocenters. The van der Waals surface area contributed by atoms with Crippen LogP contribution in [0, 0.1) is 0 Å². The zero-order chi connectivity index (χ0) is 14.3. The molecule has 1 rings (SSSR count). The van der Waals surface area contributed by atoms with Gasteiger partial charge >= 0.3 is 6.36 Å². The highest BCUT2D eigenvalue weighted by Gasteiger charge is 2.30. The Kier molecular flexibility index (Phi) is 5.23. The van der Waals surface area contributed by atoms with Crippen molar-refractivity contribution in [3.63, 3.8) is 0 Å². The van der Waals surface area contributed by atoms with Crippen molar-refractivity contribution in [2.75, 3.05) is 6.61 Å². The van der Waals surface area contributed by atoms with Crippen LogP contribution in [0.5, 0.6) is 5.75 Å². The van der Waals surface area contributed by atoms with Gasteiger partial charge in [0.05, 0.1) is 18.5 Å². The van der Waals surface area contributed by atoms with Crippen molar-refractivity contribution in [2.45, 2.75) is 13.3 Å². The molecule has 0 aliphatic heterocycles. The minimum absolute atomic E-state index is 0.300. The molecular weight excluding hydrogens is 261 g/mol. The fourth-order valence-electron chi connectivity index (χ4n) is 1.17. The summed E-state index contributed by atoms with van der Waals surface area (Å²) < 4.78 is 44.7. The van der Waals surface area contributed by atoms with Crippen LogP contribution in [0.2, 0.25) is 0 Å². The van der Waals surface area contributed by atoms with Crippen molar-refractivity contribution in [1.82, 2.24) is 0 Å². The molecule has 0 aromatic heterocycles. The van der Waals surface area contributed by atoms with E-state index in [-0.39, 0.29) is 5.75 Å². The predicted molar refractivity (Wildman–Crippen MR) is 65.2 cm³/mol. The van der Waals surface area contributed by atoms with Crippen LogP contribution >= 0.6 is 0 Å². The van der Waals surface area contributed by atoms with E-state index in [0.717, 1.165) is 0 Å². The average Bonchev–Trinajstić information content (AvgIpc) is 2.34. The molecule has 0 aliphatic rings. The van der Waals surface area contributed by atoms with Crippen LogP contribution in [-0.4, -0.2) is 19.2 Å². The second-order valence-corrected chi connectivity index (χ2v) is 3.30. The fourth-order valence-corrected chi connectivity index (χ4v) is 1.17. The number of ether oxygens (including phenoxy) is 2. The number of benzene rings is 1. The van der Waals surface area contributed by atoms with Gasteiger partial charge in [-0.1, -0.05) is 0 Å². The van der Waals surface area contributed by atoms with Crippen LogP contribution in [0.3, 0.4) is 0 Å². The molecule has 0 heterocycles. The molecule has 0 saturated heterocycles. The summed E-state index contributed by atoms with van der Waals surface area (Å²) in [5.74, 6) is 0.0731. The van der Waals surface area contributed by atoms with Gasteiger partial charge in [-0.2, -0.15) is 0 Å². The van der Waals surface area contributed by atoms with Gasteiger partial charge in [0.2, 0.25) is 0 Å². The first-order valence-electron chi connectivity index (χ1n) is 5.39. The number of aliphatic imine (C=N–C) groups is 1. The molecule has 1 aromatic rings. The molecule has 0 radical (unpaired) electrons. The van der Waals surface area contributed by atoms with Gasteiger partial charge in [0.25, 0.3) is 0 Å². The van der Waals surface area contributed by atoms with Crippen LogP contribution in [0.1, 0.15) is 6.92 Å². The summed E-state index contributed by atoms with van der Waals surface area (Å²) in [6.45, 7) is 2.23. The summed E-state index contributed by atoms with van der Waals surface area (Å²) >= 11 is 0. The number of allylic oxidation sites excluding steroid dienone is 1. The van der Waals surface area contributed by atoms with Gasteiger partial charge in [0.15, 0.2) is 5.76 Å². The van der Waals surface area contributed by atoms with Crippen LogP contribution in [-0.2, 0) is 4.74 Å². The summed E-state index contributed by atoms with van der Waals surface area (Å²) in [7, 11) is 0. The normalized spacial score (nSPS) is 12.7.